The second kappa shape index (κ2) is 7.12. The van der Waals surface area contributed by atoms with E-state index in [9.17, 15) is 13.2 Å². The number of sulfonamides is 1. The van der Waals surface area contributed by atoms with E-state index in [-0.39, 0.29) is 16.1 Å². The third-order valence-electron chi connectivity index (χ3n) is 4.01. The smallest absolute Gasteiger partial charge is 0.263 e. The summed E-state index contributed by atoms with van der Waals surface area (Å²) >= 11 is 9.20. The minimum atomic E-state index is -3.84. The third kappa shape index (κ3) is 3.58. The number of ether oxygens (including phenoxy) is 1. The lowest BCUT2D eigenvalue weighted by molar-refractivity contribution is 0.102. The molecule has 142 valence electrons. The monoisotopic (exact) mass is 478 g/mol. The Balaban J connectivity index is 1.69. The SMILES string of the molecule is O=C1Nc2cc(Cl)ccc2Oc2ccc(NS(=O)(=O)c3ccccc3Br)cc21. The second-order valence-electron chi connectivity index (χ2n) is 5.94. The highest BCUT2D eigenvalue weighted by Crippen LogP contribution is 2.38. The van der Waals surface area contributed by atoms with Crippen molar-refractivity contribution in [2.24, 2.45) is 0 Å². The number of rotatable bonds is 3. The fourth-order valence-electron chi connectivity index (χ4n) is 2.73. The minimum Gasteiger partial charge on any atom is -0.454 e. The number of fused-ring (bicyclic) bond motifs is 2. The Morgan fingerprint density at radius 1 is 1.00 bits per heavy atom. The van der Waals surface area contributed by atoms with Crippen LogP contribution in [0.3, 0.4) is 0 Å². The van der Waals surface area contributed by atoms with E-state index in [1.165, 1.54) is 24.3 Å². The molecule has 9 heteroatoms. The first-order valence-electron chi connectivity index (χ1n) is 8.04. The van der Waals surface area contributed by atoms with Crippen molar-refractivity contribution in [2.45, 2.75) is 4.90 Å². The number of hydrogen-bond donors (Lipinski definition) is 2. The summed E-state index contributed by atoms with van der Waals surface area (Å²) in [4.78, 5) is 12.7. The number of benzene rings is 3. The summed E-state index contributed by atoms with van der Waals surface area (Å²) in [6.45, 7) is 0. The molecule has 1 aliphatic rings. The van der Waals surface area contributed by atoms with E-state index in [2.05, 4.69) is 26.0 Å². The van der Waals surface area contributed by atoms with Gasteiger partial charge in [0.2, 0.25) is 0 Å². The number of carbonyl (C=O) groups is 1. The van der Waals surface area contributed by atoms with Crippen molar-refractivity contribution in [3.63, 3.8) is 0 Å². The number of hydrogen-bond acceptors (Lipinski definition) is 4. The molecule has 0 bridgehead atoms. The van der Waals surface area contributed by atoms with E-state index in [1.807, 2.05) is 0 Å². The molecule has 0 saturated heterocycles. The van der Waals surface area contributed by atoms with Crippen molar-refractivity contribution < 1.29 is 17.9 Å². The molecule has 0 atom stereocenters. The van der Waals surface area contributed by atoms with Crippen molar-refractivity contribution in [1.29, 1.82) is 0 Å². The van der Waals surface area contributed by atoms with Crippen LogP contribution in [0.2, 0.25) is 5.02 Å². The lowest BCUT2D eigenvalue weighted by Gasteiger charge is -2.12. The quantitative estimate of drug-likeness (QED) is 0.536. The van der Waals surface area contributed by atoms with Crippen LogP contribution in [-0.4, -0.2) is 14.3 Å². The highest BCUT2D eigenvalue weighted by Gasteiger charge is 2.23. The van der Waals surface area contributed by atoms with E-state index >= 15 is 0 Å². The zero-order chi connectivity index (χ0) is 19.9. The molecule has 0 saturated carbocycles. The fraction of sp³-hybridized carbons (Fsp3) is 0. The first kappa shape index (κ1) is 18.8. The molecule has 0 radical (unpaired) electrons. The minimum absolute atomic E-state index is 0.0905. The summed E-state index contributed by atoms with van der Waals surface area (Å²) < 4.78 is 34.0. The van der Waals surface area contributed by atoms with Gasteiger partial charge in [-0.15, -0.1) is 0 Å². The van der Waals surface area contributed by atoms with E-state index in [1.54, 1.807) is 36.4 Å². The molecule has 0 spiro atoms. The number of amides is 1. The molecule has 1 amide bonds. The van der Waals surface area contributed by atoms with Crippen molar-refractivity contribution in [3.05, 3.63) is 75.7 Å². The van der Waals surface area contributed by atoms with Crippen molar-refractivity contribution in [3.8, 4) is 11.5 Å². The van der Waals surface area contributed by atoms with Gasteiger partial charge in [0.1, 0.15) is 10.6 Å². The number of anilines is 2. The fourth-order valence-corrected chi connectivity index (χ4v) is 4.96. The van der Waals surface area contributed by atoms with Gasteiger partial charge in [0, 0.05) is 15.2 Å². The molecule has 4 rings (SSSR count). The molecule has 0 unspecified atom stereocenters. The molecule has 3 aromatic carbocycles. The van der Waals surface area contributed by atoms with Crippen LogP contribution in [0, 0.1) is 0 Å². The van der Waals surface area contributed by atoms with Crippen LogP contribution < -0.4 is 14.8 Å². The standard InChI is InChI=1S/C19H12BrClN2O4S/c20-14-3-1-2-4-18(14)28(25,26)23-12-6-8-16-13(10-12)19(24)22-15-9-11(21)5-7-17(15)27-16/h1-10,23H,(H,22,24). The first-order valence-corrected chi connectivity index (χ1v) is 10.7. The lowest BCUT2D eigenvalue weighted by Crippen LogP contribution is -2.15. The third-order valence-corrected chi connectivity index (χ3v) is 6.64. The maximum Gasteiger partial charge on any atom is 0.263 e. The summed E-state index contributed by atoms with van der Waals surface area (Å²) in [5.74, 6) is 0.318. The van der Waals surface area contributed by atoms with Crippen LogP contribution in [0.25, 0.3) is 0 Å². The van der Waals surface area contributed by atoms with Crippen LogP contribution in [0.4, 0.5) is 11.4 Å². The average molecular weight is 480 g/mol. The van der Waals surface area contributed by atoms with E-state index < -0.39 is 15.9 Å². The normalized spacial score (nSPS) is 12.9. The van der Waals surface area contributed by atoms with Gasteiger partial charge in [-0.1, -0.05) is 23.7 Å². The maximum absolute atomic E-state index is 12.7. The van der Waals surface area contributed by atoms with Gasteiger partial charge in [-0.3, -0.25) is 9.52 Å². The van der Waals surface area contributed by atoms with Gasteiger partial charge < -0.3 is 10.1 Å². The Hall–Kier alpha value is -2.55. The van der Waals surface area contributed by atoms with Gasteiger partial charge in [0.25, 0.3) is 15.9 Å². The largest absolute Gasteiger partial charge is 0.454 e. The Kier molecular flexibility index (Phi) is 4.78. The zero-order valence-electron chi connectivity index (χ0n) is 14.1. The van der Waals surface area contributed by atoms with Gasteiger partial charge in [0.15, 0.2) is 5.75 Å². The summed E-state index contributed by atoms with van der Waals surface area (Å²) in [5.41, 5.74) is 0.862. The molecule has 0 aromatic heterocycles. The molecule has 1 heterocycles. The predicted molar refractivity (Wildman–Crippen MR) is 111 cm³/mol. The number of halogens is 2. The molecule has 0 fully saturated rings. The molecular formula is C19H12BrClN2O4S. The van der Waals surface area contributed by atoms with Crippen molar-refractivity contribution in [2.75, 3.05) is 10.0 Å². The highest BCUT2D eigenvalue weighted by atomic mass is 79.9. The number of nitrogens with one attached hydrogen (secondary N) is 2. The van der Waals surface area contributed by atoms with Crippen molar-refractivity contribution in [1.82, 2.24) is 0 Å². The van der Waals surface area contributed by atoms with Crippen LogP contribution in [0.15, 0.2) is 70.0 Å². The summed E-state index contributed by atoms with van der Waals surface area (Å²) in [5, 5.41) is 3.17. The van der Waals surface area contributed by atoms with Crippen LogP contribution in [-0.2, 0) is 10.0 Å². The van der Waals surface area contributed by atoms with Crippen molar-refractivity contribution >= 4 is 54.8 Å². The van der Waals surface area contributed by atoms with Crippen LogP contribution in [0.5, 0.6) is 11.5 Å². The molecule has 3 aromatic rings. The second-order valence-corrected chi connectivity index (χ2v) is 8.89. The molecule has 2 N–H and O–H groups in total. The molecule has 0 aliphatic carbocycles. The lowest BCUT2D eigenvalue weighted by atomic mass is 10.1. The van der Waals surface area contributed by atoms with Gasteiger partial charge in [-0.25, -0.2) is 8.42 Å². The summed E-state index contributed by atoms with van der Waals surface area (Å²) in [6.07, 6.45) is 0. The van der Waals surface area contributed by atoms with Crippen LogP contribution >= 0.6 is 27.5 Å². The summed E-state index contributed by atoms with van der Waals surface area (Å²) in [6, 6.07) is 15.8. The Labute approximate surface area is 174 Å². The highest BCUT2D eigenvalue weighted by molar-refractivity contribution is 9.10. The topological polar surface area (TPSA) is 84.5 Å². The van der Waals surface area contributed by atoms with Gasteiger partial charge in [-0.05, 0) is 64.5 Å². The van der Waals surface area contributed by atoms with E-state index in [4.69, 9.17) is 16.3 Å². The van der Waals surface area contributed by atoms with Crippen LogP contribution in [0.1, 0.15) is 10.4 Å². The predicted octanol–water partition coefficient (Wildman–Crippen LogP) is 5.26. The average Bonchev–Trinajstić information content (AvgIpc) is 2.77. The van der Waals surface area contributed by atoms with Gasteiger partial charge in [0.05, 0.1) is 11.3 Å². The molecule has 28 heavy (non-hydrogen) atoms. The van der Waals surface area contributed by atoms with E-state index in [0.717, 1.165) is 0 Å². The zero-order valence-corrected chi connectivity index (χ0v) is 17.2. The molecular weight excluding hydrogens is 468 g/mol. The van der Waals surface area contributed by atoms with E-state index in [0.29, 0.717) is 26.7 Å². The van der Waals surface area contributed by atoms with Gasteiger partial charge >= 0.3 is 0 Å². The number of carbonyl (C=O) groups excluding carboxylic acids is 1. The molecule has 1 aliphatic heterocycles. The maximum atomic E-state index is 12.7. The Morgan fingerprint density at radius 3 is 2.54 bits per heavy atom. The first-order chi connectivity index (χ1) is 13.3. The van der Waals surface area contributed by atoms with Gasteiger partial charge in [-0.2, -0.15) is 0 Å². The molecule has 6 nitrogen and oxygen atoms in total. The Morgan fingerprint density at radius 2 is 1.75 bits per heavy atom. The summed E-state index contributed by atoms with van der Waals surface area (Å²) in [7, 11) is -3.84. The Bertz CT molecular complexity index is 1210.